The first-order valence-electron chi connectivity index (χ1n) is 10.9. The molecule has 31 heavy (non-hydrogen) atoms. The summed E-state index contributed by atoms with van der Waals surface area (Å²) in [5.41, 5.74) is 3.50. The molecule has 2 aromatic rings. The van der Waals surface area contributed by atoms with Crippen molar-refractivity contribution in [1.29, 1.82) is 5.26 Å². The second-order valence-electron chi connectivity index (χ2n) is 7.74. The molecular weight excluding hydrogens is 452 g/mol. The van der Waals surface area contributed by atoms with E-state index in [1.807, 2.05) is 56.3 Å². The van der Waals surface area contributed by atoms with Crippen LogP contribution in [0.4, 0.5) is 5.69 Å². The summed E-state index contributed by atoms with van der Waals surface area (Å²) >= 11 is 3.46. The minimum Gasteiger partial charge on any atom is -0.493 e. The number of aryl methyl sites for hydroxylation is 2. The molecule has 0 aliphatic heterocycles. The Labute approximate surface area is 194 Å². The van der Waals surface area contributed by atoms with Gasteiger partial charge in [0, 0.05) is 15.7 Å². The van der Waals surface area contributed by atoms with Gasteiger partial charge in [0.05, 0.1) is 6.61 Å². The average molecular weight is 483 g/mol. The maximum absolute atomic E-state index is 12.7. The number of benzene rings is 2. The zero-order chi connectivity index (χ0) is 22.6. The molecule has 1 N–H and O–H groups in total. The van der Waals surface area contributed by atoms with E-state index in [-0.39, 0.29) is 5.57 Å². The van der Waals surface area contributed by atoms with E-state index in [2.05, 4.69) is 28.2 Å². The molecule has 0 fully saturated rings. The zero-order valence-corrected chi connectivity index (χ0v) is 20.2. The molecule has 0 bridgehead atoms. The quantitative estimate of drug-likeness (QED) is 0.206. The predicted octanol–water partition coefficient (Wildman–Crippen LogP) is 7.35. The van der Waals surface area contributed by atoms with Crippen LogP contribution in [-0.2, 0) is 4.79 Å². The van der Waals surface area contributed by atoms with Crippen molar-refractivity contribution in [1.82, 2.24) is 0 Å². The van der Waals surface area contributed by atoms with E-state index in [1.165, 1.54) is 25.7 Å². The Bertz CT molecular complexity index is 960. The second kappa shape index (κ2) is 13.0. The van der Waals surface area contributed by atoms with E-state index < -0.39 is 5.91 Å². The van der Waals surface area contributed by atoms with Crippen LogP contribution in [0.15, 0.2) is 46.4 Å². The Morgan fingerprint density at radius 2 is 1.84 bits per heavy atom. The van der Waals surface area contributed by atoms with Crippen molar-refractivity contribution in [3.63, 3.8) is 0 Å². The molecule has 0 unspecified atom stereocenters. The van der Waals surface area contributed by atoms with Crippen LogP contribution in [-0.4, -0.2) is 12.5 Å². The van der Waals surface area contributed by atoms with E-state index in [4.69, 9.17) is 4.74 Å². The van der Waals surface area contributed by atoms with E-state index >= 15 is 0 Å². The van der Waals surface area contributed by atoms with E-state index in [1.54, 1.807) is 6.08 Å². The largest absolute Gasteiger partial charge is 0.493 e. The number of nitriles is 1. The van der Waals surface area contributed by atoms with E-state index in [9.17, 15) is 10.1 Å². The van der Waals surface area contributed by atoms with Crippen molar-refractivity contribution >= 4 is 33.6 Å². The third-order valence-electron chi connectivity index (χ3n) is 5.02. The highest BCUT2D eigenvalue weighted by atomic mass is 79.9. The molecule has 1 amide bonds. The summed E-state index contributed by atoms with van der Waals surface area (Å²) in [5, 5.41) is 12.4. The van der Waals surface area contributed by atoms with Gasteiger partial charge in [0.1, 0.15) is 17.4 Å². The molecule has 5 heteroatoms. The fourth-order valence-electron chi connectivity index (χ4n) is 3.28. The number of ether oxygens (including phenoxy) is 1. The van der Waals surface area contributed by atoms with Crippen LogP contribution < -0.4 is 10.1 Å². The van der Waals surface area contributed by atoms with Crippen LogP contribution in [0.5, 0.6) is 5.75 Å². The number of halogens is 1. The Morgan fingerprint density at radius 1 is 1.10 bits per heavy atom. The van der Waals surface area contributed by atoms with Crippen molar-refractivity contribution in [3.05, 3.63) is 63.1 Å². The number of nitrogens with one attached hydrogen (secondary N) is 1. The SMILES string of the molecule is CCCCCCCCOc1ccc(Br)cc1/C=C(\C#N)C(=O)Nc1ccc(C)cc1C. The van der Waals surface area contributed by atoms with Crippen LogP contribution in [0.1, 0.15) is 62.1 Å². The molecule has 0 atom stereocenters. The number of carbonyl (C=O) groups excluding carboxylic acids is 1. The van der Waals surface area contributed by atoms with Crippen LogP contribution in [0.2, 0.25) is 0 Å². The van der Waals surface area contributed by atoms with Gasteiger partial charge in [-0.25, -0.2) is 0 Å². The molecule has 0 aromatic heterocycles. The first-order valence-corrected chi connectivity index (χ1v) is 11.7. The van der Waals surface area contributed by atoms with E-state index in [0.717, 1.165) is 28.4 Å². The van der Waals surface area contributed by atoms with Gasteiger partial charge in [0.2, 0.25) is 0 Å². The summed E-state index contributed by atoms with van der Waals surface area (Å²) in [6.07, 6.45) is 8.73. The topological polar surface area (TPSA) is 62.1 Å². The van der Waals surface area contributed by atoms with Gasteiger partial charge in [-0.05, 0) is 56.2 Å². The normalized spacial score (nSPS) is 11.1. The zero-order valence-electron chi connectivity index (χ0n) is 18.6. The highest BCUT2D eigenvalue weighted by Gasteiger charge is 2.13. The lowest BCUT2D eigenvalue weighted by Gasteiger charge is -2.11. The standard InChI is InChI=1S/C26H31BrN2O2/c1-4-5-6-7-8-9-14-31-25-13-11-23(27)17-21(25)16-22(18-28)26(30)29-24-12-10-19(2)15-20(24)3/h10-13,15-17H,4-9,14H2,1-3H3,(H,29,30)/b22-16+. The fraction of sp³-hybridized carbons (Fsp3) is 0.385. The lowest BCUT2D eigenvalue weighted by atomic mass is 10.1. The van der Waals surface area contributed by atoms with Crippen molar-refractivity contribution in [3.8, 4) is 11.8 Å². The van der Waals surface area contributed by atoms with Crippen molar-refractivity contribution in [2.75, 3.05) is 11.9 Å². The molecule has 0 aliphatic carbocycles. The Morgan fingerprint density at radius 3 is 2.55 bits per heavy atom. The molecule has 0 saturated heterocycles. The van der Waals surface area contributed by atoms with Gasteiger partial charge in [-0.2, -0.15) is 5.26 Å². The van der Waals surface area contributed by atoms with E-state index in [0.29, 0.717) is 23.6 Å². The average Bonchev–Trinajstić information content (AvgIpc) is 2.74. The summed E-state index contributed by atoms with van der Waals surface area (Å²) in [4.78, 5) is 12.7. The maximum atomic E-state index is 12.7. The van der Waals surface area contributed by atoms with Crippen molar-refractivity contribution in [2.45, 2.75) is 59.3 Å². The van der Waals surface area contributed by atoms with Crippen molar-refractivity contribution < 1.29 is 9.53 Å². The van der Waals surface area contributed by atoms with Gasteiger partial charge >= 0.3 is 0 Å². The Hall–Kier alpha value is -2.58. The molecule has 0 spiro atoms. The van der Waals surface area contributed by atoms with Crippen LogP contribution in [0, 0.1) is 25.2 Å². The second-order valence-corrected chi connectivity index (χ2v) is 8.66. The Balaban J connectivity index is 2.09. The van der Waals surface area contributed by atoms with Gasteiger partial charge in [-0.1, -0.05) is 72.7 Å². The molecule has 0 heterocycles. The third-order valence-corrected chi connectivity index (χ3v) is 5.52. The molecule has 2 aromatic carbocycles. The molecule has 164 valence electrons. The number of hydrogen-bond acceptors (Lipinski definition) is 3. The summed E-state index contributed by atoms with van der Waals surface area (Å²) in [7, 11) is 0. The number of nitrogens with zero attached hydrogens (tertiary/aromatic N) is 1. The van der Waals surface area contributed by atoms with Gasteiger partial charge in [-0.15, -0.1) is 0 Å². The van der Waals surface area contributed by atoms with Crippen molar-refractivity contribution in [2.24, 2.45) is 0 Å². The summed E-state index contributed by atoms with van der Waals surface area (Å²) in [6, 6.07) is 13.4. The minimum atomic E-state index is -0.434. The number of rotatable bonds is 11. The van der Waals surface area contributed by atoms with Gasteiger partial charge in [-0.3, -0.25) is 4.79 Å². The molecule has 0 aliphatic rings. The van der Waals surface area contributed by atoms with Gasteiger partial charge < -0.3 is 10.1 Å². The highest BCUT2D eigenvalue weighted by Crippen LogP contribution is 2.26. The van der Waals surface area contributed by atoms with Crippen LogP contribution in [0.25, 0.3) is 6.08 Å². The first kappa shape index (κ1) is 24.7. The lowest BCUT2D eigenvalue weighted by molar-refractivity contribution is -0.112. The molecule has 4 nitrogen and oxygen atoms in total. The van der Waals surface area contributed by atoms with Gasteiger partial charge in [0.15, 0.2) is 0 Å². The molecule has 0 saturated carbocycles. The number of anilines is 1. The highest BCUT2D eigenvalue weighted by molar-refractivity contribution is 9.10. The number of amides is 1. The first-order chi connectivity index (χ1) is 14.9. The van der Waals surface area contributed by atoms with Crippen LogP contribution in [0.3, 0.4) is 0 Å². The van der Waals surface area contributed by atoms with Gasteiger partial charge in [0.25, 0.3) is 5.91 Å². The Kier molecular flexibility index (Phi) is 10.3. The smallest absolute Gasteiger partial charge is 0.266 e. The maximum Gasteiger partial charge on any atom is 0.266 e. The third kappa shape index (κ3) is 8.22. The summed E-state index contributed by atoms with van der Waals surface area (Å²) in [5.74, 6) is 0.236. The molecular formula is C26H31BrN2O2. The van der Waals surface area contributed by atoms with Crippen LogP contribution >= 0.6 is 15.9 Å². The fourth-order valence-corrected chi connectivity index (χ4v) is 3.65. The predicted molar refractivity (Wildman–Crippen MR) is 131 cm³/mol. The number of hydrogen-bond donors (Lipinski definition) is 1. The molecule has 0 radical (unpaired) electrons. The molecule has 2 rings (SSSR count). The lowest BCUT2D eigenvalue weighted by Crippen LogP contribution is -2.14. The minimum absolute atomic E-state index is 0.0301. The summed E-state index contributed by atoms with van der Waals surface area (Å²) < 4.78 is 6.83. The summed E-state index contributed by atoms with van der Waals surface area (Å²) in [6.45, 7) is 6.76. The number of carbonyl (C=O) groups is 1. The monoisotopic (exact) mass is 482 g/mol. The number of unbranched alkanes of at least 4 members (excludes halogenated alkanes) is 5.